The summed E-state index contributed by atoms with van der Waals surface area (Å²) in [5.74, 6) is 0. The fraction of sp³-hybridized carbons (Fsp3) is 0.538. The Balaban J connectivity index is 1.72. The van der Waals surface area contributed by atoms with Crippen molar-refractivity contribution in [3.8, 4) is 6.07 Å². The first kappa shape index (κ1) is 11.9. The molecule has 2 heterocycles. The van der Waals surface area contributed by atoms with Crippen LogP contribution in [0.3, 0.4) is 0 Å². The van der Waals surface area contributed by atoms with Gasteiger partial charge in [0.25, 0.3) is 0 Å². The van der Waals surface area contributed by atoms with Crippen LogP contribution in [0.1, 0.15) is 24.8 Å². The van der Waals surface area contributed by atoms with Crippen LogP contribution in [0.2, 0.25) is 0 Å². The summed E-state index contributed by atoms with van der Waals surface area (Å²) in [7, 11) is 0. The number of anilines is 1. The quantitative estimate of drug-likeness (QED) is 0.784. The van der Waals surface area contributed by atoms with Crippen LogP contribution >= 0.6 is 0 Å². The van der Waals surface area contributed by atoms with E-state index in [2.05, 4.69) is 21.3 Å². The van der Waals surface area contributed by atoms with Crippen LogP contribution in [0.4, 0.5) is 5.69 Å². The Morgan fingerprint density at radius 3 is 3.00 bits per heavy atom. The Kier molecular flexibility index (Phi) is 4.34. The molecule has 1 N–H and O–H groups in total. The van der Waals surface area contributed by atoms with E-state index in [0.717, 1.165) is 25.2 Å². The first-order valence-corrected chi connectivity index (χ1v) is 6.20. The van der Waals surface area contributed by atoms with Gasteiger partial charge in [0, 0.05) is 12.7 Å². The van der Waals surface area contributed by atoms with E-state index in [1.54, 1.807) is 18.5 Å². The van der Waals surface area contributed by atoms with E-state index in [4.69, 9.17) is 5.26 Å². The van der Waals surface area contributed by atoms with E-state index < -0.39 is 0 Å². The van der Waals surface area contributed by atoms with Crippen molar-refractivity contribution < 1.29 is 0 Å². The number of pyridine rings is 1. The second kappa shape index (κ2) is 6.21. The van der Waals surface area contributed by atoms with Gasteiger partial charge >= 0.3 is 0 Å². The fourth-order valence-corrected chi connectivity index (χ4v) is 2.16. The number of hydrogen-bond acceptors (Lipinski definition) is 4. The molecule has 1 saturated heterocycles. The summed E-state index contributed by atoms with van der Waals surface area (Å²) in [5.41, 5.74) is 1.51. The van der Waals surface area contributed by atoms with Gasteiger partial charge < -0.3 is 10.2 Å². The van der Waals surface area contributed by atoms with E-state index in [1.165, 1.54) is 25.9 Å². The van der Waals surface area contributed by atoms with Gasteiger partial charge in [-0.3, -0.25) is 4.98 Å². The monoisotopic (exact) mass is 230 g/mol. The summed E-state index contributed by atoms with van der Waals surface area (Å²) < 4.78 is 0. The number of aromatic nitrogens is 1. The Morgan fingerprint density at radius 2 is 2.24 bits per heavy atom. The van der Waals surface area contributed by atoms with Gasteiger partial charge in [-0.05, 0) is 45.0 Å². The molecule has 1 aliphatic heterocycles. The fourth-order valence-electron chi connectivity index (χ4n) is 2.16. The molecular weight excluding hydrogens is 212 g/mol. The average molecular weight is 230 g/mol. The van der Waals surface area contributed by atoms with Crippen molar-refractivity contribution in [3.05, 3.63) is 24.0 Å². The minimum Gasteiger partial charge on any atom is -0.383 e. The van der Waals surface area contributed by atoms with Crippen molar-refractivity contribution in [1.82, 2.24) is 9.88 Å². The third-order valence-corrected chi connectivity index (χ3v) is 3.11. The van der Waals surface area contributed by atoms with Crippen molar-refractivity contribution in [2.24, 2.45) is 0 Å². The number of nitrogens with one attached hydrogen (secondary N) is 1. The molecule has 1 aliphatic rings. The van der Waals surface area contributed by atoms with Crippen LogP contribution in [0, 0.1) is 11.3 Å². The van der Waals surface area contributed by atoms with Gasteiger partial charge in [0.1, 0.15) is 6.07 Å². The van der Waals surface area contributed by atoms with Crippen molar-refractivity contribution in [3.63, 3.8) is 0 Å². The molecule has 4 nitrogen and oxygen atoms in total. The molecule has 0 unspecified atom stereocenters. The highest BCUT2D eigenvalue weighted by Crippen LogP contribution is 2.12. The summed E-state index contributed by atoms with van der Waals surface area (Å²) in [4.78, 5) is 6.52. The predicted octanol–water partition coefficient (Wildman–Crippen LogP) is 1.85. The highest BCUT2D eigenvalue weighted by atomic mass is 15.1. The number of rotatable bonds is 5. The molecule has 0 amide bonds. The van der Waals surface area contributed by atoms with E-state index in [0.29, 0.717) is 5.56 Å². The highest BCUT2D eigenvalue weighted by Gasteiger charge is 2.10. The van der Waals surface area contributed by atoms with Gasteiger partial charge in [0.15, 0.2) is 0 Å². The SMILES string of the molecule is N#Cc1ccncc1NCCCN1CCCC1. The largest absolute Gasteiger partial charge is 0.383 e. The number of likely N-dealkylation sites (tertiary alicyclic amines) is 1. The molecule has 1 aromatic rings. The lowest BCUT2D eigenvalue weighted by Crippen LogP contribution is -2.22. The Hall–Kier alpha value is -1.60. The molecule has 2 rings (SSSR count). The predicted molar refractivity (Wildman–Crippen MR) is 67.7 cm³/mol. The Labute approximate surface area is 102 Å². The number of nitriles is 1. The average Bonchev–Trinajstić information content (AvgIpc) is 2.88. The Bertz CT molecular complexity index is 391. The second-order valence-electron chi connectivity index (χ2n) is 4.36. The molecule has 1 aromatic heterocycles. The smallest absolute Gasteiger partial charge is 0.101 e. The molecule has 0 saturated carbocycles. The molecule has 1 fully saturated rings. The second-order valence-corrected chi connectivity index (χ2v) is 4.36. The summed E-state index contributed by atoms with van der Waals surface area (Å²) in [6, 6.07) is 3.90. The van der Waals surface area contributed by atoms with Crippen molar-refractivity contribution >= 4 is 5.69 Å². The molecule has 4 heteroatoms. The maximum absolute atomic E-state index is 8.92. The molecule has 0 spiro atoms. The van der Waals surface area contributed by atoms with Gasteiger partial charge in [-0.25, -0.2) is 0 Å². The van der Waals surface area contributed by atoms with Gasteiger partial charge in [0.2, 0.25) is 0 Å². The summed E-state index contributed by atoms with van der Waals surface area (Å²) in [6.07, 6.45) is 7.16. The Morgan fingerprint density at radius 1 is 1.41 bits per heavy atom. The van der Waals surface area contributed by atoms with Gasteiger partial charge in [0.05, 0.1) is 17.4 Å². The first-order chi connectivity index (χ1) is 8.40. The lowest BCUT2D eigenvalue weighted by atomic mass is 10.2. The highest BCUT2D eigenvalue weighted by molar-refractivity contribution is 5.55. The third kappa shape index (κ3) is 3.43. The lowest BCUT2D eigenvalue weighted by Gasteiger charge is -2.14. The standard InChI is InChI=1S/C13H18N4/c14-10-12-4-6-15-11-13(12)16-5-3-9-17-7-1-2-8-17/h4,6,11,16H,1-3,5,7-9H2. The lowest BCUT2D eigenvalue weighted by molar-refractivity contribution is 0.337. The topological polar surface area (TPSA) is 52.0 Å². The minimum atomic E-state index is 0.668. The van der Waals surface area contributed by atoms with E-state index >= 15 is 0 Å². The normalized spacial score (nSPS) is 15.7. The van der Waals surface area contributed by atoms with Gasteiger partial charge in [-0.15, -0.1) is 0 Å². The van der Waals surface area contributed by atoms with E-state index in [9.17, 15) is 0 Å². The molecule has 0 atom stereocenters. The van der Waals surface area contributed by atoms with Crippen LogP contribution < -0.4 is 5.32 Å². The molecule has 17 heavy (non-hydrogen) atoms. The van der Waals surface area contributed by atoms with Crippen LogP contribution in [0.15, 0.2) is 18.5 Å². The maximum atomic E-state index is 8.92. The molecule has 0 bridgehead atoms. The van der Waals surface area contributed by atoms with E-state index in [-0.39, 0.29) is 0 Å². The molecule has 0 aliphatic carbocycles. The van der Waals surface area contributed by atoms with E-state index in [1.807, 2.05) is 0 Å². The minimum absolute atomic E-state index is 0.668. The van der Waals surface area contributed by atoms with Crippen LogP contribution in [-0.4, -0.2) is 36.1 Å². The van der Waals surface area contributed by atoms with Crippen LogP contribution in [-0.2, 0) is 0 Å². The van der Waals surface area contributed by atoms with Gasteiger partial charge in [-0.2, -0.15) is 5.26 Å². The van der Waals surface area contributed by atoms with Crippen LogP contribution in [0.5, 0.6) is 0 Å². The third-order valence-electron chi connectivity index (χ3n) is 3.11. The number of nitrogens with zero attached hydrogens (tertiary/aromatic N) is 3. The van der Waals surface area contributed by atoms with Crippen molar-refractivity contribution in [2.45, 2.75) is 19.3 Å². The summed E-state index contributed by atoms with van der Waals surface area (Å²) >= 11 is 0. The first-order valence-electron chi connectivity index (χ1n) is 6.20. The molecule has 0 radical (unpaired) electrons. The zero-order chi connectivity index (χ0) is 11.9. The summed E-state index contributed by atoms with van der Waals surface area (Å²) in [5, 5.41) is 12.2. The van der Waals surface area contributed by atoms with Crippen molar-refractivity contribution in [1.29, 1.82) is 5.26 Å². The summed E-state index contributed by atoms with van der Waals surface area (Å²) in [6.45, 7) is 4.54. The van der Waals surface area contributed by atoms with Gasteiger partial charge in [-0.1, -0.05) is 0 Å². The van der Waals surface area contributed by atoms with Crippen molar-refractivity contribution in [2.75, 3.05) is 31.5 Å². The zero-order valence-corrected chi connectivity index (χ0v) is 10.0. The molecule has 90 valence electrons. The molecular formula is C13H18N4. The zero-order valence-electron chi connectivity index (χ0n) is 10.0. The maximum Gasteiger partial charge on any atom is 0.101 e. The number of hydrogen-bond donors (Lipinski definition) is 1. The molecule has 0 aromatic carbocycles. The van der Waals surface area contributed by atoms with Crippen LogP contribution in [0.25, 0.3) is 0 Å².